The lowest BCUT2D eigenvalue weighted by Crippen LogP contribution is -2.57. The van der Waals surface area contributed by atoms with Crippen molar-refractivity contribution >= 4 is 35.0 Å². The quantitative estimate of drug-likeness (QED) is 0.563. The topological polar surface area (TPSA) is 104 Å². The zero-order valence-electron chi connectivity index (χ0n) is 17.1. The van der Waals surface area contributed by atoms with E-state index in [1.54, 1.807) is 38.7 Å². The van der Waals surface area contributed by atoms with E-state index in [9.17, 15) is 18.8 Å². The third kappa shape index (κ3) is 3.83. The Hall–Kier alpha value is -3.12. The van der Waals surface area contributed by atoms with Gasteiger partial charge in [-0.3, -0.25) is 14.4 Å². The predicted octanol–water partition coefficient (Wildman–Crippen LogP) is 2.71. The number of nitrogens with zero attached hydrogens (tertiary/aromatic N) is 2. The molecule has 0 saturated carbocycles. The zero-order chi connectivity index (χ0) is 22.2. The van der Waals surface area contributed by atoms with E-state index in [4.69, 9.17) is 5.26 Å². The minimum Gasteiger partial charge on any atom is -0.344 e. The van der Waals surface area contributed by atoms with Crippen molar-refractivity contribution in [3.63, 3.8) is 0 Å². The van der Waals surface area contributed by atoms with Crippen molar-refractivity contribution in [2.24, 2.45) is 7.05 Å². The summed E-state index contributed by atoms with van der Waals surface area (Å²) in [4.78, 5) is 38.2. The standard InChI is InChI=1S/C21H21FN4O3S/c1-11-16(19(28)24-14-5-6-15(22)13(7-14)8-23)12(2)26(4)17(11)18(27)20(29)25-21(3)9-30-10-21/h5-7H,9-10H2,1-4H3,(H,24,28)(H,25,29). The van der Waals surface area contributed by atoms with Gasteiger partial charge >= 0.3 is 0 Å². The molecular weight excluding hydrogens is 407 g/mol. The Balaban J connectivity index is 1.88. The third-order valence-electron chi connectivity index (χ3n) is 5.18. The largest absolute Gasteiger partial charge is 0.344 e. The van der Waals surface area contributed by atoms with Crippen LogP contribution in [0, 0.1) is 31.0 Å². The highest BCUT2D eigenvalue weighted by Crippen LogP contribution is 2.29. The molecular formula is C21H21FN4O3S. The van der Waals surface area contributed by atoms with Crippen LogP contribution in [-0.4, -0.2) is 39.2 Å². The molecule has 1 aromatic carbocycles. The van der Waals surface area contributed by atoms with Gasteiger partial charge in [-0.2, -0.15) is 17.0 Å². The Morgan fingerprint density at radius 3 is 2.50 bits per heavy atom. The first kappa shape index (κ1) is 21.6. The highest BCUT2D eigenvalue weighted by atomic mass is 32.2. The monoisotopic (exact) mass is 428 g/mol. The van der Waals surface area contributed by atoms with E-state index >= 15 is 0 Å². The Morgan fingerprint density at radius 2 is 1.93 bits per heavy atom. The number of nitrogens with one attached hydrogen (secondary N) is 2. The summed E-state index contributed by atoms with van der Waals surface area (Å²) in [6, 6.07) is 5.39. The Kier molecular flexibility index (Phi) is 5.72. The summed E-state index contributed by atoms with van der Waals surface area (Å²) in [7, 11) is 1.62. The summed E-state index contributed by atoms with van der Waals surface area (Å²) in [5, 5.41) is 14.3. The molecule has 0 radical (unpaired) electrons. The summed E-state index contributed by atoms with van der Waals surface area (Å²) >= 11 is 1.69. The lowest BCUT2D eigenvalue weighted by Gasteiger charge is -2.38. The number of thioether (sulfide) groups is 1. The van der Waals surface area contributed by atoms with Crippen molar-refractivity contribution in [3.8, 4) is 6.07 Å². The van der Waals surface area contributed by atoms with Gasteiger partial charge in [0.25, 0.3) is 17.6 Å². The number of ketones is 1. The van der Waals surface area contributed by atoms with Crippen LogP contribution in [0.15, 0.2) is 18.2 Å². The van der Waals surface area contributed by atoms with Gasteiger partial charge in [0.1, 0.15) is 11.9 Å². The Bertz CT molecular complexity index is 1110. The minimum absolute atomic E-state index is 0.141. The number of Topliss-reactive ketones (excluding diaryl/α,β-unsaturated/α-hetero) is 1. The van der Waals surface area contributed by atoms with E-state index in [0.717, 1.165) is 17.6 Å². The van der Waals surface area contributed by atoms with Gasteiger partial charge in [0.05, 0.1) is 22.4 Å². The van der Waals surface area contributed by atoms with Gasteiger partial charge in [0.15, 0.2) is 0 Å². The molecule has 1 aliphatic rings. The van der Waals surface area contributed by atoms with E-state index in [1.807, 2.05) is 6.92 Å². The number of carbonyl (C=O) groups excluding carboxylic acids is 3. The van der Waals surface area contributed by atoms with Crippen molar-refractivity contribution < 1.29 is 18.8 Å². The van der Waals surface area contributed by atoms with Crippen molar-refractivity contribution in [1.82, 2.24) is 9.88 Å². The molecule has 0 atom stereocenters. The Labute approximate surface area is 177 Å². The summed E-state index contributed by atoms with van der Waals surface area (Å²) in [5.74, 6) is -1.12. The second kappa shape index (κ2) is 7.95. The highest BCUT2D eigenvalue weighted by Gasteiger charge is 2.37. The molecule has 2 aromatic rings. The molecule has 0 aliphatic carbocycles. The average molecular weight is 428 g/mol. The Morgan fingerprint density at radius 1 is 1.27 bits per heavy atom. The SMILES string of the molecule is Cc1c(C(=O)Nc2ccc(F)c(C#N)c2)c(C)n(C)c1C(=O)C(=O)NC1(C)CSC1. The molecule has 1 fully saturated rings. The van der Waals surface area contributed by atoms with Crippen LogP contribution in [0.3, 0.4) is 0 Å². The second-order valence-corrected chi connectivity index (χ2v) is 8.58. The molecule has 1 aromatic heterocycles. The van der Waals surface area contributed by atoms with Crippen LogP contribution in [0.2, 0.25) is 0 Å². The molecule has 2 N–H and O–H groups in total. The van der Waals surface area contributed by atoms with Crippen molar-refractivity contribution in [2.75, 3.05) is 16.8 Å². The van der Waals surface area contributed by atoms with E-state index in [0.29, 0.717) is 11.3 Å². The minimum atomic E-state index is -0.705. The molecule has 7 nitrogen and oxygen atoms in total. The number of hydrogen-bond acceptors (Lipinski definition) is 5. The van der Waals surface area contributed by atoms with Gasteiger partial charge in [-0.25, -0.2) is 4.39 Å². The molecule has 2 heterocycles. The fraction of sp³-hybridized carbons (Fsp3) is 0.333. The van der Waals surface area contributed by atoms with Crippen LogP contribution in [0.25, 0.3) is 0 Å². The molecule has 2 amide bonds. The molecule has 0 unspecified atom stereocenters. The van der Waals surface area contributed by atoms with Crippen molar-refractivity contribution in [1.29, 1.82) is 5.26 Å². The number of anilines is 1. The van der Waals surface area contributed by atoms with Gasteiger partial charge < -0.3 is 15.2 Å². The fourth-order valence-corrected chi connectivity index (χ4v) is 4.40. The lowest BCUT2D eigenvalue weighted by atomic mass is 10.0. The number of halogens is 1. The first-order valence-corrected chi connectivity index (χ1v) is 10.3. The van der Waals surface area contributed by atoms with Crippen LogP contribution >= 0.6 is 11.8 Å². The van der Waals surface area contributed by atoms with Gasteiger partial charge in [0, 0.05) is 29.9 Å². The summed E-state index contributed by atoms with van der Waals surface area (Å²) < 4.78 is 15.0. The number of amides is 2. The van der Waals surface area contributed by atoms with Crippen molar-refractivity contribution in [2.45, 2.75) is 26.3 Å². The number of nitriles is 1. The van der Waals surface area contributed by atoms with Gasteiger partial charge in [-0.1, -0.05) is 0 Å². The fourth-order valence-electron chi connectivity index (χ4n) is 3.44. The maximum absolute atomic E-state index is 13.5. The molecule has 156 valence electrons. The third-order valence-corrected chi connectivity index (χ3v) is 6.86. The van der Waals surface area contributed by atoms with Gasteiger partial charge in [-0.15, -0.1) is 0 Å². The number of benzene rings is 1. The molecule has 1 aliphatic heterocycles. The van der Waals surface area contributed by atoms with E-state index in [2.05, 4.69) is 10.6 Å². The molecule has 30 heavy (non-hydrogen) atoms. The first-order chi connectivity index (χ1) is 14.1. The van der Waals surface area contributed by atoms with E-state index < -0.39 is 29.0 Å². The maximum Gasteiger partial charge on any atom is 0.294 e. The number of aromatic nitrogens is 1. The maximum atomic E-state index is 13.5. The first-order valence-electron chi connectivity index (χ1n) is 9.19. The van der Waals surface area contributed by atoms with Crippen LogP contribution < -0.4 is 10.6 Å². The normalized spacial score (nSPS) is 14.4. The van der Waals surface area contributed by atoms with Crippen LogP contribution in [-0.2, 0) is 11.8 Å². The van der Waals surface area contributed by atoms with Crippen LogP contribution in [0.4, 0.5) is 10.1 Å². The summed E-state index contributed by atoms with van der Waals surface area (Å²) in [6.45, 7) is 5.16. The number of carbonyl (C=O) groups is 3. The average Bonchev–Trinajstić information content (AvgIpc) is 2.90. The predicted molar refractivity (Wildman–Crippen MR) is 112 cm³/mol. The van der Waals surface area contributed by atoms with Crippen LogP contribution in [0.5, 0.6) is 0 Å². The van der Waals surface area contributed by atoms with Gasteiger partial charge in [-0.05, 0) is 44.5 Å². The molecule has 3 rings (SSSR count). The van der Waals surface area contributed by atoms with Crippen molar-refractivity contribution in [3.05, 3.63) is 52.1 Å². The number of rotatable bonds is 5. The molecule has 9 heteroatoms. The lowest BCUT2D eigenvalue weighted by molar-refractivity contribution is -0.118. The second-order valence-electron chi connectivity index (χ2n) is 7.59. The molecule has 0 spiro atoms. The highest BCUT2D eigenvalue weighted by molar-refractivity contribution is 8.00. The smallest absolute Gasteiger partial charge is 0.294 e. The number of hydrogen-bond donors (Lipinski definition) is 2. The zero-order valence-corrected chi connectivity index (χ0v) is 17.9. The van der Waals surface area contributed by atoms with Gasteiger partial charge in [0.2, 0.25) is 0 Å². The summed E-state index contributed by atoms with van der Waals surface area (Å²) in [6.07, 6.45) is 0. The van der Waals surface area contributed by atoms with E-state index in [-0.39, 0.29) is 22.5 Å². The van der Waals surface area contributed by atoms with E-state index in [1.165, 1.54) is 16.7 Å². The molecule has 0 bridgehead atoms. The van der Waals surface area contributed by atoms with Crippen LogP contribution in [0.1, 0.15) is 44.6 Å². The summed E-state index contributed by atoms with van der Waals surface area (Å²) in [5.41, 5.74) is 0.945. The molecule has 1 saturated heterocycles.